The molecule has 1 amide bonds. The molecule has 2 heterocycles. The Kier molecular flexibility index (Phi) is 4.61. The summed E-state index contributed by atoms with van der Waals surface area (Å²) in [6.45, 7) is -0.685. The van der Waals surface area contributed by atoms with Crippen LogP contribution in [0.4, 0.5) is 5.82 Å². The molecule has 0 spiro atoms. The van der Waals surface area contributed by atoms with E-state index >= 15 is 0 Å². The summed E-state index contributed by atoms with van der Waals surface area (Å²) in [4.78, 5) is 37.7. The van der Waals surface area contributed by atoms with Crippen LogP contribution < -0.4 is 10.6 Å². The molecule has 1 unspecified atom stereocenters. The Morgan fingerprint density at radius 1 is 1.43 bits per heavy atom. The largest absolute Gasteiger partial charge is 0.467 e. The van der Waals surface area contributed by atoms with E-state index < -0.39 is 24.5 Å². The molecule has 2 aromatic heterocycles. The van der Waals surface area contributed by atoms with E-state index in [0.717, 1.165) is 0 Å². The van der Waals surface area contributed by atoms with Gasteiger partial charge in [0.25, 0.3) is 0 Å². The molecular weight excluding hydrogens is 280 g/mol. The quantitative estimate of drug-likeness (QED) is 0.467. The molecule has 0 fully saturated rings. The summed E-state index contributed by atoms with van der Waals surface area (Å²) in [6.07, 6.45) is 2.78. The Labute approximate surface area is 119 Å². The fourth-order valence-electron chi connectivity index (χ4n) is 1.63. The van der Waals surface area contributed by atoms with E-state index in [2.05, 4.69) is 35.3 Å². The number of methoxy groups -OCH3 is 1. The molecule has 0 saturated carbocycles. The summed E-state index contributed by atoms with van der Waals surface area (Å²) in [5.41, 5.74) is 1.03. The maximum Gasteiger partial charge on any atom is 0.330 e. The minimum absolute atomic E-state index is 0.140. The van der Waals surface area contributed by atoms with Crippen LogP contribution in [-0.2, 0) is 14.3 Å². The zero-order valence-corrected chi connectivity index (χ0v) is 11.2. The molecule has 10 heteroatoms. The first-order valence-corrected chi connectivity index (χ1v) is 6.01. The van der Waals surface area contributed by atoms with E-state index in [0.29, 0.717) is 17.0 Å². The SMILES string of the molecule is COC(=O)C(CO)NC(=O)CNc1ncnc2nc[nH]c12. The van der Waals surface area contributed by atoms with Gasteiger partial charge in [0.15, 0.2) is 17.5 Å². The molecule has 0 saturated heterocycles. The molecule has 0 aliphatic rings. The van der Waals surface area contributed by atoms with Crippen LogP contribution in [0.15, 0.2) is 12.7 Å². The van der Waals surface area contributed by atoms with Crippen LogP contribution in [0.2, 0.25) is 0 Å². The molecule has 10 nitrogen and oxygen atoms in total. The molecule has 2 rings (SSSR count). The molecule has 2 aromatic rings. The first kappa shape index (κ1) is 14.7. The van der Waals surface area contributed by atoms with Crippen molar-refractivity contribution in [1.29, 1.82) is 0 Å². The number of amides is 1. The Hall–Kier alpha value is -2.75. The number of carbonyl (C=O) groups excluding carboxylic acids is 2. The number of anilines is 1. The van der Waals surface area contributed by atoms with Crippen molar-refractivity contribution >= 4 is 28.9 Å². The highest BCUT2D eigenvalue weighted by Gasteiger charge is 2.20. The van der Waals surface area contributed by atoms with Gasteiger partial charge in [-0.1, -0.05) is 0 Å². The van der Waals surface area contributed by atoms with Crippen LogP contribution in [-0.4, -0.2) is 63.2 Å². The Morgan fingerprint density at radius 3 is 2.95 bits per heavy atom. The fourth-order valence-corrected chi connectivity index (χ4v) is 1.63. The number of carbonyl (C=O) groups is 2. The van der Waals surface area contributed by atoms with Crippen molar-refractivity contribution in [2.24, 2.45) is 0 Å². The average Bonchev–Trinajstić information content (AvgIpc) is 2.98. The summed E-state index contributed by atoms with van der Waals surface area (Å²) in [7, 11) is 1.17. The predicted molar refractivity (Wildman–Crippen MR) is 71.2 cm³/mol. The van der Waals surface area contributed by atoms with Gasteiger partial charge in [0.05, 0.1) is 26.6 Å². The fraction of sp³-hybridized carbons (Fsp3) is 0.364. The van der Waals surface area contributed by atoms with Crippen molar-refractivity contribution in [3.63, 3.8) is 0 Å². The summed E-state index contributed by atoms with van der Waals surface area (Å²) in [5, 5.41) is 14.1. The highest BCUT2D eigenvalue weighted by molar-refractivity contribution is 5.89. The first-order valence-electron chi connectivity index (χ1n) is 6.01. The van der Waals surface area contributed by atoms with Crippen molar-refractivity contribution in [2.75, 3.05) is 25.6 Å². The standard InChI is InChI=1S/C11H14N6O4/c1-21-11(20)6(3-18)17-7(19)2-12-9-8-10(14-4-13-8)16-5-15-9/h4-6,18H,2-3H2,1H3,(H,17,19)(H2,12,13,14,15,16). The van der Waals surface area contributed by atoms with Gasteiger partial charge in [-0.15, -0.1) is 0 Å². The number of imidazole rings is 1. The highest BCUT2D eigenvalue weighted by atomic mass is 16.5. The normalized spacial score (nSPS) is 11.9. The van der Waals surface area contributed by atoms with Gasteiger partial charge in [-0.3, -0.25) is 4.79 Å². The highest BCUT2D eigenvalue weighted by Crippen LogP contribution is 2.13. The third-order valence-electron chi connectivity index (χ3n) is 2.64. The number of H-pyrrole nitrogens is 1. The number of esters is 1. The lowest BCUT2D eigenvalue weighted by molar-refractivity contribution is -0.146. The molecule has 1 atom stereocenters. The number of aromatic nitrogens is 4. The van der Waals surface area contributed by atoms with E-state index in [1.54, 1.807) is 0 Å². The van der Waals surface area contributed by atoms with Gasteiger partial charge in [-0.2, -0.15) is 0 Å². The molecule has 112 valence electrons. The molecular formula is C11H14N6O4. The van der Waals surface area contributed by atoms with E-state index in [1.165, 1.54) is 19.8 Å². The third kappa shape index (κ3) is 3.42. The number of ether oxygens (including phenoxy) is 1. The number of nitrogens with one attached hydrogen (secondary N) is 3. The minimum Gasteiger partial charge on any atom is -0.467 e. The van der Waals surface area contributed by atoms with Gasteiger partial charge in [0, 0.05) is 0 Å². The van der Waals surface area contributed by atoms with Crippen LogP contribution in [0.1, 0.15) is 0 Å². The third-order valence-corrected chi connectivity index (χ3v) is 2.64. The van der Waals surface area contributed by atoms with Crippen molar-refractivity contribution in [2.45, 2.75) is 6.04 Å². The van der Waals surface area contributed by atoms with Crippen LogP contribution in [0, 0.1) is 0 Å². The lowest BCUT2D eigenvalue weighted by Crippen LogP contribution is -2.46. The monoisotopic (exact) mass is 294 g/mol. The van der Waals surface area contributed by atoms with Gasteiger partial charge in [0.2, 0.25) is 5.91 Å². The van der Waals surface area contributed by atoms with Crippen molar-refractivity contribution < 1.29 is 19.4 Å². The lowest BCUT2D eigenvalue weighted by Gasteiger charge is -2.14. The van der Waals surface area contributed by atoms with Gasteiger partial charge in [-0.05, 0) is 0 Å². The average molecular weight is 294 g/mol. The van der Waals surface area contributed by atoms with Gasteiger partial charge in [-0.25, -0.2) is 19.7 Å². The summed E-state index contributed by atoms with van der Waals surface area (Å²) in [5.74, 6) is -0.805. The maximum atomic E-state index is 11.7. The smallest absolute Gasteiger partial charge is 0.330 e. The number of fused-ring (bicyclic) bond motifs is 1. The van der Waals surface area contributed by atoms with Crippen molar-refractivity contribution in [1.82, 2.24) is 25.3 Å². The van der Waals surface area contributed by atoms with E-state index in [-0.39, 0.29) is 6.54 Å². The van der Waals surface area contributed by atoms with Crippen LogP contribution >= 0.6 is 0 Å². The molecule has 21 heavy (non-hydrogen) atoms. The number of nitrogens with zero attached hydrogens (tertiary/aromatic N) is 3. The maximum absolute atomic E-state index is 11.7. The zero-order chi connectivity index (χ0) is 15.2. The Balaban J connectivity index is 1.95. The Morgan fingerprint density at radius 2 is 2.24 bits per heavy atom. The first-order chi connectivity index (χ1) is 10.2. The van der Waals surface area contributed by atoms with Crippen LogP contribution in [0.25, 0.3) is 11.2 Å². The second-order valence-corrected chi connectivity index (χ2v) is 4.00. The van der Waals surface area contributed by atoms with Crippen LogP contribution in [0.5, 0.6) is 0 Å². The number of aliphatic hydroxyl groups excluding tert-OH is 1. The number of hydrogen-bond donors (Lipinski definition) is 4. The number of hydrogen-bond acceptors (Lipinski definition) is 8. The molecule has 0 bridgehead atoms. The van der Waals surface area contributed by atoms with Crippen LogP contribution in [0.3, 0.4) is 0 Å². The zero-order valence-electron chi connectivity index (χ0n) is 11.2. The summed E-state index contributed by atoms with van der Waals surface area (Å²) < 4.78 is 4.45. The summed E-state index contributed by atoms with van der Waals surface area (Å²) >= 11 is 0. The van der Waals surface area contributed by atoms with Crippen molar-refractivity contribution in [3.05, 3.63) is 12.7 Å². The molecule has 0 aliphatic heterocycles. The predicted octanol–water partition coefficient (Wildman–Crippen LogP) is -1.59. The molecule has 4 N–H and O–H groups in total. The summed E-state index contributed by atoms with van der Waals surface area (Å²) in [6, 6.07) is -1.10. The molecule has 0 radical (unpaired) electrons. The van der Waals surface area contributed by atoms with Gasteiger partial charge >= 0.3 is 5.97 Å². The van der Waals surface area contributed by atoms with E-state index in [9.17, 15) is 9.59 Å². The topological polar surface area (TPSA) is 142 Å². The second kappa shape index (κ2) is 6.61. The van der Waals surface area contributed by atoms with Gasteiger partial charge < -0.3 is 25.5 Å². The number of rotatable bonds is 6. The van der Waals surface area contributed by atoms with Crippen molar-refractivity contribution in [3.8, 4) is 0 Å². The van der Waals surface area contributed by atoms with Gasteiger partial charge in [0.1, 0.15) is 11.8 Å². The molecule has 0 aromatic carbocycles. The van der Waals surface area contributed by atoms with E-state index in [1.807, 2.05) is 0 Å². The minimum atomic E-state index is -1.10. The Bertz CT molecular complexity index is 642. The lowest BCUT2D eigenvalue weighted by atomic mass is 10.3. The molecule has 0 aliphatic carbocycles. The second-order valence-electron chi connectivity index (χ2n) is 4.00. The number of aromatic amines is 1. The number of aliphatic hydroxyl groups is 1. The van der Waals surface area contributed by atoms with E-state index in [4.69, 9.17) is 5.11 Å².